The van der Waals surface area contributed by atoms with Gasteiger partial charge in [0.05, 0.1) is 0 Å². The molecule has 1 atom stereocenters. The molecule has 0 aromatic rings. The first-order valence-corrected chi connectivity index (χ1v) is 6.18. The Morgan fingerprint density at radius 1 is 1.29 bits per heavy atom. The lowest BCUT2D eigenvalue weighted by atomic mass is 10.1. The van der Waals surface area contributed by atoms with Gasteiger partial charge in [-0.3, -0.25) is 0 Å². The van der Waals surface area contributed by atoms with Crippen LogP contribution >= 0.6 is 0 Å². The van der Waals surface area contributed by atoms with Crippen LogP contribution in [0.1, 0.15) is 45.4 Å². The van der Waals surface area contributed by atoms with Crippen LogP contribution in [0.2, 0.25) is 0 Å². The minimum absolute atomic E-state index is 0.476. The van der Waals surface area contributed by atoms with Gasteiger partial charge in [-0.05, 0) is 51.7 Å². The molecule has 1 aliphatic carbocycles. The van der Waals surface area contributed by atoms with Crippen molar-refractivity contribution in [1.29, 1.82) is 0 Å². The number of nitrogens with two attached hydrogens (primary N) is 1. The number of rotatable bonds is 8. The van der Waals surface area contributed by atoms with Gasteiger partial charge in [0.15, 0.2) is 0 Å². The van der Waals surface area contributed by atoms with Gasteiger partial charge in [0.2, 0.25) is 0 Å². The summed E-state index contributed by atoms with van der Waals surface area (Å²) in [4.78, 5) is 2.43. The SMILES string of the molecule is CCCCCN(C)CCC(N)C1CC1. The Balaban J connectivity index is 1.93. The minimum Gasteiger partial charge on any atom is -0.327 e. The maximum atomic E-state index is 6.06. The van der Waals surface area contributed by atoms with Gasteiger partial charge in [-0.25, -0.2) is 0 Å². The van der Waals surface area contributed by atoms with Crippen LogP contribution < -0.4 is 5.73 Å². The summed E-state index contributed by atoms with van der Waals surface area (Å²) in [7, 11) is 2.22. The Labute approximate surface area is 88.8 Å². The van der Waals surface area contributed by atoms with E-state index in [1.165, 1.54) is 51.6 Å². The predicted molar refractivity (Wildman–Crippen MR) is 62.3 cm³/mol. The molecule has 1 rings (SSSR count). The van der Waals surface area contributed by atoms with Gasteiger partial charge in [0.1, 0.15) is 0 Å². The van der Waals surface area contributed by atoms with E-state index in [-0.39, 0.29) is 0 Å². The summed E-state index contributed by atoms with van der Waals surface area (Å²) in [6.07, 6.45) is 7.95. The minimum atomic E-state index is 0.476. The van der Waals surface area contributed by atoms with Gasteiger partial charge in [-0.15, -0.1) is 0 Å². The smallest absolute Gasteiger partial charge is 0.00793 e. The van der Waals surface area contributed by atoms with Crippen LogP contribution in [0.5, 0.6) is 0 Å². The summed E-state index contributed by atoms with van der Waals surface area (Å²) in [6.45, 7) is 4.68. The highest BCUT2D eigenvalue weighted by Crippen LogP contribution is 2.32. The molecule has 1 fully saturated rings. The molecule has 0 aromatic heterocycles. The lowest BCUT2D eigenvalue weighted by molar-refractivity contribution is 0.305. The summed E-state index contributed by atoms with van der Waals surface area (Å²) in [6, 6.07) is 0.476. The highest BCUT2D eigenvalue weighted by molar-refractivity contribution is 4.84. The van der Waals surface area contributed by atoms with E-state index in [9.17, 15) is 0 Å². The number of nitrogens with zero attached hydrogens (tertiary/aromatic N) is 1. The second-order valence-electron chi connectivity index (χ2n) is 4.80. The average Bonchev–Trinajstić information content (AvgIpc) is 2.98. The van der Waals surface area contributed by atoms with E-state index >= 15 is 0 Å². The van der Waals surface area contributed by atoms with Crippen LogP contribution in [0.4, 0.5) is 0 Å². The maximum Gasteiger partial charge on any atom is 0.00793 e. The number of unbranched alkanes of at least 4 members (excludes halogenated alkanes) is 2. The third-order valence-electron chi connectivity index (χ3n) is 3.22. The molecule has 0 spiro atoms. The van der Waals surface area contributed by atoms with Gasteiger partial charge < -0.3 is 10.6 Å². The summed E-state index contributed by atoms with van der Waals surface area (Å²) in [5, 5.41) is 0. The molecule has 0 bridgehead atoms. The first-order valence-electron chi connectivity index (χ1n) is 6.18. The van der Waals surface area contributed by atoms with Crippen LogP contribution in [0, 0.1) is 5.92 Å². The number of hydrogen-bond donors (Lipinski definition) is 1. The highest BCUT2D eigenvalue weighted by atomic mass is 15.1. The van der Waals surface area contributed by atoms with Crippen LogP contribution in [0.25, 0.3) is 0 Å². The van der Waals surface area contributed by atoms with Crippen LogP contribution in [-0.4, -0.2) is 31.1 Å². The summed E-state index contributed by atoms with van der Waals surface area (Å²) < 4.78 is 0. The zero-order chi connectivity index (χ0) is 10.4. The van der Waals surface area contributed by atoms with Gasteiger partial charge in [-0.2, -0.15) is 0 Å². The van der Waals surface area contributed by atoms with E-state index in [4.69, 9.17) is 5.73 Å². The average molecular weight is 198 g/mol. The fourth-order valence-electron chi connectivity index (χ4n) is 1.87. The van der Waals surface area contributed by atoms with E-state index in [0.717, 1.165) is 5.92 Å². The third kappa shape index (κ3) is 4.97. The van der Waals surface area contributed by atoms with Gasteiger partial charge in [0, 0.05) is 6.04 Å². The van der Waals surface area contributed by atoms with Crippen molar-refractivity contribution in [3.63, 3.8) is 0 Å². The third-order valence-corrected chi connectivity index (χ3v) is 3.22. The molecule has 2 N–H and O–H groups in total. The molecular formula is C12H26N2. The Bertz CT molecular complexity index is 143. The molecule has 0 aromatic carbocycles. The Hall–Kier alpha value is -0.0800. The molecule has 1 unspecified atom stereocenters. The summed E-state index contributed by atoms with van der Waals surface area (Å²) in [5.74, 6) is 0.860. The number of hydrogen-bond acceptors (Lipinski definition) is 2. The second-order valence-corrected chi connectivity index (χ2v) is 4.80. The summed E-state index contributed by atoms with van der Waals surface area (Å²) in [5.41, 5.74) is 6.06. The molecule has 14 heavy (non-hydrogen) atoms. The van der Waals surface area contributed by atoms with Crippen molar-refractivity contribution in [3.8, 4) is 0 Å². The topological polar surface area (TPSA) is 29.3 Å². The zero-order valence-corrected chi connectivity index (χ0v) is 9.84. The standard InChI is InChI=1S/C12H26N2/c1-3-4-5-9-14(2)10-8-12(13)11-6-7-11/h11-12H,3-10,13H2,1-2H3. The van der Waals surface area contributed by atoms with Crippen molar-refractivity contribution in [1.82, 2.24) is 4.90 Å². The van der Waals surface area contributed by atoms with E-state index in [1.54, 1.807) is 0 Å². The van der Waals surface area contributed by atoms with Crippen molar-refractivity contribution >= 4 is 0 Å². The largest absolute Gasteiger partial charge is 0.327 e. The Kier molecular flexibility index (Phi) is 5.49. The lowest BCUT2D eigenvalue weighted by Crippen LogP contribution is -2.30. The van der Waals surface area contributed by atoms with Gasteiger partial charge in [-0.1, -0.05) is 19.8 Å². The monoisotopic (exact) mass is 198 g/mol. The normalized spacial score (nSPS) is 18.9. The fourth-order valence-corrected chi connectivity index (χ4v) is 1.87. The zero-order valence-electron chi connectivity index (χ0n) is 9.84. The van der Waals surface area contributed by atoms with Crippen molar-refractivity contribution in [2.45, 2.75) is 51.5 Å². The maximum absolute atomic E-state index is 6.06. The molecule has 0 saturated heterocycles. The van der Waals surface area contributed by atoms with Crippen LogP contribution in [-0.2, 0) is 0 Å². The molecule has 1 aliphatic rings. The van der Waals surface area contributed by atoms with E-state index in [1.807, 2.05) is 0 Å². The van der Waals surface area contributed by atoms with Crippen LogP contribution in [0.15, 0.2) is 0 Å². The molecular weight excluding hydrogens is 172 g/mol. The van der Waals surface area contributed by atoms with Crippen molar-refractivity contribution < 1.29 is 0 Å². The molecule has 1 saturated carbocycles. The quantitative estimate of drug-likeness (QED) is 0.606. The summed E-state index contributed by atoms with van der Waals surface area (Å²) >= 11 is 0. The van der Waals surface area contributed by atoms with Crippen molar-refractivity contribution in [3.05, 3.63) is 0 Å². The van der Waals surface area contributed by atoms with Crippen molar-refractivity contribution in [2.75, 3.05) is 20.1 Å². The molecule has 0 aliphatic heterocycles. The van der Waals surface area contributed by atoms with Gasteiger partial charge >= 0.3 is 0 Å². The fraction of sp³-hybridized carbons (Fsp3) is 1.00. The lowest BCUT2D eigenvalue weighted by Gasteiger charge is -2.18. The van der Waals surface area contributed by atoms with Crippen molar-refractivity contribution in [2.24, 2.45) is 11.7 Å². The molecule has 0 radical (unpaired) electrons. The first-order chi connectivity index (χ1) is 6.74. The first kappa shape index (κ1) is 12.0. The highest BCUT2D eigenvalue weighted by Gasteiger charge is 2.27. The molecule has 2 heteroatoms. The molecule has 0 heterocycles. The predicted octanol–water partition coefficient (Wildman–Crippen LogP) is 2.24. The Morgan fingerprint density at radius 3 is 2.57 bits per heavy atom. The van der Waals surface area contributed by atoms with Gasteiger partial charge in [0.25, 0.3) is 0 Å². The van der Waals surface area contributed by atoms with E-state index in [0.29, 0.717) is 6.04 Å². The molecule has 0 amide bonds. The molecule has 84 valence electrons. The van der Waals surface area contributed by atoms with Crippen LogP contribution in [0.3, 0.4) is 0 Å². The van der Waals surface area contributed by atoms with E-state index in [2.05, 4.69) is 18.9 Å². The molecule has 2 nitrogen and oxygen atoms in total. The second kappa shape index (κ2) is 6.41. The van der Waals surface area contributed by atoms with E-state index < -0.39 is 0 Å². The Morgan fingerprint density at radius 2 is 2.00 bits per heavy atom.